The van der Waals surface area contributed by atoms with Gasteiger partial charge in [0, 0.05) is 25.2 Å². The van der Waals surface area contributed by atoms with Crippen LogP contribution in [0.1, 0.15) is 32.3 Å². The van der Waals surface area contributed by atoms with Crippen molar-refractivity contribution in [3.63, 3.8) is 0 Å². The van der Waals surface area contributed by atoms with Crippen molar-refractivity contribution in [1.82, 2.24) is 4.90 Å². The predicted octanol–water partition coefficient (Wildman–Crippen LogP) is 4.38. The standard InChI is InChI=1S/C23H30N2O/c1-19(18-25(20(2)26)23-11-7-4-8-12-23)24-15-13-22(14-16-24)17-21-9-5-3-6-10-21/h3-12,19,22H,13-18H2,1-2H3. The number of carbonyl (C=O) groups is 1. The Kier molecular flexibility index (Phi) is 6.45. The number of amides is 1. The molecule has 0 spiro atoms. The minimum Gasteiger partial charge on any atom is -0.311 e. The van der Waals surface area contributed by atoms with Crippen molar-refractivity contribution in [2.75, 3.05) is 24.5 Å². The lowest BCUT2D eigenvalue weighted by molar-refractivity contribution is -0.116. The van der Waals surface area contributed by atoms with Crippen molar-refractivity contribution >= 4 is 11.6 Å². The summed E-state index contributed by atoms with van der Waals surface area (Å²) < 4.78 is 0. The zero-order valence-electron chi connectivity index (χ0n) is 16.0. The predicted molar refractivity (Wildman–Crippen MR) is 108 cm³/mol. The molecule has 1 atom stereocenters. The van der Waals surface area contributed by atoms with E-state index in [1.165, 1.54) is 24.8 Å². The van der Waals surface area contributed by atoms with Crippen molar-refractivity contribution < 1.29 is 4.79 Å². The van der Waals surface area contributed by atoms with Crippen LogP contribution in [0.25, 0.3) is 0 Å². The van der Waals surface area contributed by atoms with Gasteiger partial charge < -0.3 is 4.90 Å². The molecular weight excluding hydrogens is 320 g/mol. The zero-order valence-corrected chi connectivity index (χ0v) is 16.0. The Bertz CT molecular complexity index is 678. The van der Waals surface area contributed by atoms with Gasteiger partial charge in [0.15, 0.2) is 0 Å². The molecule has 3 heteroatoms. The SMILES string of the molecule is CC(=O)N(CC(C)N1CCC(Cc2ccccc2)CC1)c1ccccc1. The molecule has 1 amide bonds. The van der Waals surface area contributed by atoms with Gasteiger partial charge in [0.1, 0.15) is 0 Å². The van der Waals surface area contributed by atoms with E-state index < -0.39 is 0 Å². The molecule has 0 N–H and O–H groups in total. The molecule has 1 unspecified atom stereocenters. The fourth-order valence-electron chi connectivity index (χ4n) is 3.95. The van der Waals surface area contributed by atoms with Gasteiger partial charge in [-0.05, 0) is 62.9 Å². The van der Waals surface area contributed by atoms with Crippen LogP contribution in [0, 0.1) is 5.92 Å². The van der Waals surface area contributed by atoms with E-state index in [4.69, 9.17) is 0 Å². The Labute approximate surface area is 157 Å². The number of nitrogens with zero attached hydrogens (tertiary/aromatic N) is 2. The van der Waals surface area contributed by atoms with Crippen LogP contribution in [0.5, 0.6) is 0 Å². The Morgan fingerprint density at radius 3 is 2.19 bits per heavy atom. The van der Waals surface area contributed by atoms with Crippen LogP contribution in [-0.4, -0.2) is 36.5 Å². The average Bonchev–Trinajstić information content (AvgIpc) is 2.68. The summed E-state index contributed by atoms with van der Waals surface area (Å²) in [7, 11) is 0. The smallest absolute Gasteiger partial charge is 0.223 e. The van der Waals surface area contributed by atoms with E-state index in [0.717, 1.165) is 31.2 Å². The van der Waals surface area contributed by atoms with E-state index in [9.17, 15) is 4.79 Å². The maximum atomic E-state index is 12.1. The maximum absolute atomic E-state index is 12.1. The van der Waals surface area contributed by atoms with Crippen LogP contribution in [0.2, 0.25) is 0 Å². The summed E-state index contributed by atoms with van der Waals surface area (Å²) in [5.41, 5.74) is 2.44. The molecule has 3 nitrogen and oxygen atoms in total. The number of rotatable bonds is 6. The Morgan fingerprint density at radius 1 is 1.04 bits per heavy atom. The fourth-order valence-corrected chi connectivity index (χ4v) is 3.95. The summed E-state index contributed by atoms with van der Waals surface area (Å²) in [6.45, 7) is 6.91. The van der Waals surface area contributed by atoms with E-state index in [-0.39, 0.29) is 5.91 Å². The number of benzene rings is 2. The minimum absolute atomic E-state index is 0.113. The molecule has 1 saturated heterocycles. The third kappa shape index (κ3) is 4.95. The van der Waals surface area contributed by atoms with Gasteiger partial charge in [-0.3, -0.25) is 9.69 Å². The molecule has 3 rings (SSSR count). The van der Waals surface area contributed by atoms with E-state index in [1.807, 2.05) is 35.2 Å². The molecule has 138 valence electrons. The second-order valence-corrected chi connectivity index (χ2v) is 7.48. The summed E-state index contributed by atoms with van der Waals surface area (Å²) in [6.07, 6.45) is 3.67. The largest absolute Gasteiger partial charge is 0.311 e. The lowest BCUT2D eigenvalue weighted by Gasteiger charge is -2.38. The normalized spacial score (nSPS) is 17.0. The third-order valence-electron chi connectivity index (χ3n) is 5.53. The first kappa shape index (κ1) is 18.7. The summed E-state index contributed by atoms with van der Waals surface area (Å²) in [5.74, 6) is 0.890. The van der Waals surface area contributed by atoms with Gasteiger partial charge >= 0.3 is 0 Å². The molecule has 0 aliphatic carbocycles. The van der Waals surface area contributed by atoms with Gasteiger partial charge in [-0.25, -0.2) is 0 Å². The van der Waals surface area contributed by atoms with Crippen molar-refractivity contribution in [2.24, 2.45) is 5.92 Å². The van der Waals surface area contributed by atoms with Gasteiger partial charge in [-0.2, -0.15) is 0 Å². The number of hydrogen-bond acceptors (Lipinski definition) is 2. The van der Waals surface area contributed by atoms with E-state index in [1.54, 1.807) is 6.92 Å². The Morgan fingerprint density at radius 2 is 1.62 bits per heavy atom. The highest BCUT2D eigenvalue weighted by Crippen LogP contribution is 2.24. The Balaban J connectivity index is 1.53. The van der Waals surface area contributed by atoms with Crippen molar-refractivity contribution in [3.05, 3.63) is 66.2 Å². The highest BCUT2D eigenvalue weighted by atomic mass is 16.2. The number of para-hydroxylation sites is 1. The second-order valence-electron chi connectivity index (χ2n) is 7.48. The van der Waals surface area contributed by atoms with Crippen LogP contribution in [0.4, 0.5) is 5.69 Å². The average molecular weight is 351 g/mol. The summed E-state index contributed by atoms with van der Waals surface area (Å²) in [6, 6.07) is 21.2. The monoisotopic (exact) mass is 350 g/mol. The first-order chi connectivity index (χ1) is 12.6. The first-order valence-electron chi connectivity index (χ1n) is 9.74. The van der Waals surface area contributed by atoms with Crippen LogP contribution in [0.3, 0.4) is 0 Å². The van der Waals surface area contributed by atoms with Crippen LogP contribution in [0.15, 0.2) is 60.7 Å². The number of carbonyl (C=O) groups excluding carboxylic acids is 1. The molecule has 1 fully saturated rings. The van der Waals surface area contributed by atoms with Gasteiger partial charge in [-0.1, -0.05) is 48.5 Å². The minimum atomic E-state index is 0.113. The highest BCUT2D eigenvalue weighted by molar-refractivity contribution is 5.91. The van der Waals surface area contributed by atoms with Gasteiger partial charge in [0.2, 0.25) is 5.91 Å². The number of hydrogen-bond donors (Lipinski definition) is 0. The molecule has 1 aliphatic heterocycles. The lowest BCUT2D eigenvalue weighted by atomic mass is 9.89. The third-order valence-corrected chi connectivity index (χ3v) is 5.53. The van der Waals surface area contributed by atoms with Crippen molar-refractivity contribution in [2.45, 2.75) is 39.2 Å². The van der Waals surface area contributed by atoms with Gasteiger partial charge in [0.05, 0.1) is 0 Å². The quantitative estimate of drug-likeness (QED) is 0.772. The van der Waals surface area contributed by atoms with Crippen LogP contribution < -0.4 is 4.90 Å². The maximum Gasteiger partial charge on any atom is 0.223 e. The van der Waals surface area contributed by atoms with Crippen LogP contribution in [-0.2, 0) is 11.2 Å². The first-order valence-corrected chi connectivity index (χ1v) is 9.74. The molecular formula is C23H30N2O. The van der Waals surface area contributed by atoms with E-state index in [2.05, 4.69) is 42.2 Å². The number of likely N-dealkylation sites (tertiary alicyclic amines) is 1. The molecule has 0 bridgehead atoms. The van der Waals surface area contributed by atoms with Crippen molar-refractivity contribution in [3.8, 4) is 0 Å². The second kappa shape index (κ2) is 9.00. The molecule has 1 aliphatic rings. The van der Waals surface area contributed by atoms with Gasteiger partial charge in [-0.15, -0.1) is 0 Å². The number of anilines is 1. The molecule has 26 heavy (non-hydrogen) atoms. The molecule has 0 saturated carbocycles. The molecule has 0 aromatic heterocycles. The molecule has 1 heterocycles. The molecule has 2 aromatic carbocycles. The van der Waals surface area contributed by atoms with E-state index >= 15 is 0 Å². The van der Waals surface area contributed by atoms with Gasteiger partial charge in [0.25, 0.3) is 0 Å². The van der Waals surface area contributed by atoms with Crippen molar-refractivity contribution in [1.29, 1.82) is 0 Å². The van der Waals surface area contributed by atoms with Crippen LogP contribution >= 0.6 is 0 Å². The molecule has 0 radical (unpaired) electrons. The Hall–Kier alpha value is -2.13. The summed E-state index contributed by atoms with van der Waals surface area (Å²) >= 11 is 0. The number of piperidine rings is 1. The summed E-state index contributed by atoms with van der Waals surface area (Å²) in [4.78, 5) is 16.6. The topological polar surface area (TPSA) is 23.6 Å². The fraction of sp³-hybridized carbons (Fsp3) is 0.435. The molecule has 2 aromatic rings. The highest BCUT2D eigenvalue weighted by Gasteiger charge is 2.25. The summed E-state index contributed by atoms with van der Waals surface area (Å²) in [5, 5.41) is 0. The lowest BCUT2D eigenvalue weighted by Crippen LogP contribution is -2.47. The zero-order chi connectivity index (χ0) is 18.4. The van der Waals surface area contributed by atoms with E-state index in [0.29, 0.717) is 6.04 Å².